The minimum atomic E-state index is 0.230. The standard InChI is InChI=1S/C14H16N4S2/c1-3-15-14-17-12(11-5-7-20-13(11)18-14)16-9(2)10-4-6-19-8-10/h4-9H,3H2,1-2H3,(H2,15,16,17,18). The first-order chi connectivity index (χ1) is 9.78. The highest BCUT2D eigenvalue weighted by Crippen LogP contribution is 2.29. The molecule has 0 amide bonds. The highest BCUT2D eigenvalue weighted by molar-refractivity contribution is 7.16. The molecule has 1 atom stereocenters. The molecule has 0 saturated carbocycles. The van der Waals surface area contributed by atoms with Gasteiger partial charge in [-0.2, -0.15) is 16.3 Å². The van der Waals surface area contributed by atoms with E-state index < -0.39 is 0 Å². The first-order valence-corrected chi connectivity index (χ1v) is 8.38. The van der Waals surface area contributed by atoms with Crippen molar-refractivity contribution < 1.29 is 0 Å². The lowest BCUT2D eigenvalue weighted by Crippen LogP contribution is -2.10. The fraction of sp³-hybridized carbons (Fsp3) is 0.286. The lowest BCUT2D eigenvalue weighted by Gasteiger charge is -2.15. The molecule has 4 nitrogen and oxygen atoms in total. The number of nitrogens with one attached hydrogen (secondary N) is 2. The molecule has 6 heteroatoms. The van der Waals surface area contributed by atoms with Crippen molar-refractivity contribution >= 4 is 44.7 Å². The number of rotatable bonds is 5. The summed E-state index contributed by atoms with van der Waals surface area (Å²) in [5, 5.41) is 14.1. The summed E-state index contributed by atoms with van der Waals surface area (Å²) in [4.78, 5) is 10.1. The summed E-state index contributed by atoms with van der Waals surface area (Å²) in [5.74, 6) is 1.58. The van der Waals surface area contributed by atoms with Crippen LogP contribution in [0.15, 0.2) is 28.3 Å². The zero-order valence-corrected chi connectivity index (χ0v) is 13.0. The molecule has 0 fully saturated rings. The smallest absolute Gasteiger partial charge is 0.226 e. The first kappa shape index (κ1) is 13.3. The molecule has 3 aromatic heterocycles. The lowest BCUT2D eigenvalue weighted by atomic mass is 10.2. The second kappa shape index (κ2) is 5.76. The van der Waals surface area contributed by atoms with Gasteiger partial charge in [-0.1, -0.05) is 0 Å². The number of aromatic nitrogens is 2. The van der Waals surface area contributed by atoms with E-state index in [4.69, 9.17) is 0 Å². The summed E-state index contributed by atoms with van der Waals surface area (Å²) in [7, 11) is 0. The zero-order chi connectivity index (χ0) is 13.9. The highest BCUT2D eigenvalue weighted by atomic mass is 32.1. The maximum absolute atomic E-state index is 4.59. The predicted molar refractivity (Wildman–Crippen MR) is 87.9 cm³/mol. The monoisotopic (exact) mass is 304 g/mol. The molecule has 0 aromatic carbocycles. The summed E-state index contributed by atoms with van der Waals surface area (Å²) < 4.78 is 0. The molecule has 0 spiro atoms. The van der Waals surface area contributed by atoms with Crippen molar-refractivity contribution in [1.82, 2.24) is 9.97 Å². The lowest BCUT2D eigenvalue weighted by molar-refractivity contribution is 0.881. The predicted octanol–water partition coefficient (Wildman–Crippen LogP) is 4.36. The SMILES string of the molecule is CCNc1nc(NC(C)c2ccsc2)c2ccsc2n1. The van der Waals surface area contributed by atoms with Crippen LogP contribution in [0.1, 0.15) is 25.5 Å². The van der Waals surface area contributed by atoms with Gasteiger partial charge in [-0.25, -0.2) is 4.98 Å². The normalized spacial score (nSPS) is 12.5. The number of hydrogen-bond donors (Lipinski definition) is 2. The highest BCUT2D eigenvalue weighted by Gasteiger charge is 2.12. The van der Waals surface area contributed by atoms with Crippen molar-refractivity contribution in [2.75, 3.05) is 17.2 Å². The summed E-state index contributed by atoms with van der Waals surface area (Å²) in [5.41, 5.74) is 1.28. The molecule has 3 aromatic rings. The van der Waals surface area contributed by atoms with Crippen molar-refractivity contribution in [3.05, 3.63) is 33.8 Å². The molecular formula is C14H16N4S2. The van der Waals surface area contributed by atoms with Crippen molar-refractivity contribution in [3.63, 3.8) is 0 Å². The van der Waals surface area contributed by atoms with Crippen LogP contribution in [-0.2, 0) is 0 Å². The number of thiophene rings is 2. The van der Waals surface area contributed by atoms with E-state index in [-0.39, 0.29) is 6.04 Å². The maximum Gasteiger partial charge on any atom is 0.226 e. The van der Waals surface area contributed by atoms with Crippen LogP contribution < -0.4 is 10.6 Å². The van der Waals surface area contributed by atoms with Crippen LogP contribution in [0.2, 0.25) is 0 Å². The van der Waals surface area contributed by atoms with Crippen molar-refractivity contribution in [2.24, 2.45) is 0 Å². The number of fused-ring (bicyclic) bond motifs is 1. The first-order valence-electron chi connectivity index (χ1n) is 6.55. The summed E-state index contributed by atoms with van der Waals surface area (Å²) in [6, 6.07) is 4.44. The van der Waals surface area contributed by atoms with Crippen LogP contribution in [0.5, 0.6) is 0 Å². The minimum absolute atomic E-state index is 0.230. The zero-order valence-electron chi connectivity index (χ0n) is 11.4. The minimum Gasteiger partial charge on any atom is -0.363 e. The van der Waals surface area contributed by atoms with Gasteiger partial charge in [-0.3, -0.25) is 0 Å². The molecular weight excluding hydrogens is 288 g/mol. The third kappa shape index (κ3) is 2.62. The van der Waals surface area contributed by atoms with Gasteiger partial charge in [-0.05, 0) is 47.7 Å². The van der Waals surface area contributed by atoms with Crippen LogP contribution >= 0.6 is 22.7 Å². The fourth-order valence-electron chi connectivity index (χ4n) is 2.01. The molecule has 2 N–H and O–H groups in total. The second-order valence-corrected chi connectivity index (χ2v) is 6.16. The fourth-order valence-corrected chi connectivity index (χ4v) is 3.53. The Morgan fingerprint density at radius 2 is 2.15 bits per heavy atom. The average Bonchev–Trinajstić information content (AvgIpc) is 3.10. The number of nitrogens with zero attached hydrogens (tertiary/aromatic N) is 2. The van der Waals surface area contributed by atoms with E-state index in [1.54, 1.807) is 22.7 Å². The van der Waals surface area contributed by atoms with Gasteiger partial charge >= 0.3 is 0 Å². The Morgan fingerprint density at radius 1 is 1.25 bits per heavy atom. The maximum atomic E-state index is 4.59. The Labute approximate surface area is 125 Å². The molecule has 0 radical (unpaired) electrons. The molecule has 0 bridgehead atoms. The van der Waals surface area contributed by atoms with Gasteiger partial charge < -0.3 is 10.6 Å². The van der Waals surface area contributed by atoms with E-state index in [1.807, 2.05) is 6.92 Å². The molecule has 0 saturated heterocycles. The Hall–Kier alpha value is -1.66. The molecule has 0 aliphatic rings. The van der Waals surface area contributed by atoms with Gasteiger partial charge in [0.2, 0.25) is 5.95 Å². The molecule has 3 rings (SSSR count). The van der Waals surface area contributed by atoms with Gasteiger partial charge in [0.25, 0.3) is 0 Å². The Bertz CT molecular complexity index is 690. The number of hydrogen-bond acceptors (Lipinski definition) is 6. The summed E-state index contributed by atoms with van der Waals surface area (Å²) in [6.07, 6.45) is 0. The molecule has 0 aliphatic carbocycles. The third-order valence-electron chi connectivity index (χ3n) is 3.06. The van der Waals surface area contributed by atoms with E-state index in [9.17, 15) is 0 Å². The number of anilines is 2. The largest absolute Gasteiger partial charge is 0.363 e. The van der Waals surface area contributed by atoms with Gasteiger partial charge in [0, 0.05) is 6.54 Å². The molecule has 0 aliphatic heterocycles. The van der Waals surface area contributed by atoms with Crippen molar-refractivity contribution in [2.45, 2.75) is 19.9 Å². The molecule has 20 heavy (non-hydrogen) atoms. The van der Waals surface area contributed by atoms with E-state index in [0.29, 0.717) is 5.95 Å². The topological polar surface area (TPSA) is 49.8 Å². The third-order valence-corrected chi connectivity index (χ3v) is 4.56. The van der Waals surface area contributed by atoms with Gasteiger partial charge in [-0.15, -0.1) is 11.3 Å². The van der Waals surface area contributed by atoms with Crippen molar-refractivity contribution in [1.29, 1.82) is 0 Å². The van der Waals surface area contributed by atoms with E-state index >= 15 is 0 Å². The Kier molecular flexibility index (Phi) is 3.84. The Morgan fingerprint density at radius 3 is 2.90 bits per heavy atom. The molecule has 104 valence electrons. The van der Waals surface area contributed by atoms with E-state index in [1.165, 1.54) is 5.56 Å². The average molecular weight is 304 g/mol. The van der Waals surface area contributed by atoms with Gasteiger partial charge in [0.05, 0.1) is 11.4 Å². The second-order valence-electron chi connectivity index (χ2n) is 4.49. The molecule has 1 unspecified atom stereocenters. The quantitative estimate of drug-likeness (QED) is 0.735. The molecule has 3 heterocycles. The van der Waals surface area contributed by atoms with E-state index in [2.05, 4.69) is 55.8 Å². The van der Waals surface area contributed by atoms with Crippen LogP contribution in [0.4, 0.5) is 11.8 Å². The van der Waals surface area contributed by atoms with Crippen LogP contribution in [0.3, 0.4) is 0 Å². The van der Waals surface area contributed by atoms with Crippen molar-refractivity contribution in [3.8, 4) is 0 Å². The summed E-state index contributed by atoms with van der Waals surface area (Å²) >= 11 is 3.35. The van der Waals surface area contributed by atoms with E-state index in [0.717, 1.165) is 22.6 Å². The van der Waals surface area contributed by atoms with Crippen LogP contribution in [0, 0.1) is 0 Å². The van der Waals surface area contributed by atoms with Gasteiger partial charge in [0.15, 0.2) is 0 Å². The van der Waals surface area contributed by atoms with Gasteiger partial charge in [0.1, 0.15) is 10.6 Å². The van der Waals surface area contributed by atoms with Crippen LogP contribution in [0.25, 0.3) is 10.2 Å². The Balaban J connectivity index is 1.94. The summed E-state index contributed by atoms with van der Waals surface area (Å²) in [6.45, 7) is 5.01. The van der Waals surface area contributed by atoms with Crippen LogP contribution in [-0.4, -0.2) is 16.5 Å².